The minimum absolute atomic E-state index is 0.0113. The average molecular weight is 467 g/mol. The van der Waals surface area contributed by atoms with Crippen LogP contribution in [0.3, 0.4) is 0 Å². The fourth-order valence-corrected chi connectivity index (χ4v) is 4.22. The summed E-state index contributed by atoms with van der Waals surface area (Å²) in [4.78, 5) is 16.7. The Morgan fingerprint density at radius 2 is 2.03 bits per heavy atom. The molecular formula is C24H23FN4O3S. The number of methoxy groups -OCH3 is 1. The SMILES string of the molecule is CCCCC1=NN2C(=N)/C(=C/c3ccc(OCc4ccccc4F)c(OC)c3)C(=O)N=C2S1. The molecule has 0 atom stereocenters. The molecule has 0 unspecified atom stereocenters. The summed E-state index contributed by atoms with van der Waals surface area (Å²) in [5.41, 5.74) is 1.21. The Kier molecular flexibility index (Phi) is 6.88. The number of nitrogens with zero attached hydrogens (tertiary/aromatic N) is 3. The lowest BCUT2D eigenvalue weighted by molar-refractivity contribution is -0.114. The molecule has 1 N–H and O–H groups in total. The van der Waals surface area contributed by atoms with E-state index in [-0.39, 0.29) is 23.8 Å². The number of aliphatic imine (C=N–C) groups is 1. The van der Waals surface area contributed by atoms with Crippen molar-refractivity contribution >= 4 is 39.8 Å². The predicted octanol–water partition coefficient (Wildman–Crippen LogP) is 5.22. The number of halogens is 1. The number of hydrogen-bond acceptors (Lipinski definition) is 6. The van der Waals surface area contributed by atoms with Crippen molar-refractivity contribution in [1.82, 2.24) is 5.01 Å². The van der Waals surface area contributed by atoms with Gasteiger partial charge in [0, 0.05) is 5.56 Å². The number of carbonyl (C=O) groups is 1. The summed E-state index contributed by atoms with van der Waals surface area (Å²) in [5.74, 6) is 0.0330. The Balaban J connectivity index is 1.54. The third-order valence-corrected chi connectivity index (χ3v) is 6.05. The molecule has 0 fully saturated rings. The molecule has 0 saturated carbocycles. The normalized spacial score (nSPS) is 16.6. The average Bonchev–Trinajstić information content (AvgIpc) is 3.23. The van der Waals surface area contributed by atoms with Crippen LogP contribution in [0.25, 0.3) is 6.08 Å². The van der Waals surface area contributed by atoms with Gasteiger partial charge in [0.15, 0.2) is 17.3 Å². The summed E-state index contributed by atoms with van der Waals surface area (Å²) < 4.78 is 25.0. The maximum absolute atomic E-state index is 13.9. The molecule has 1 amide bonds. The Hall–Kier alpha value is -3.46. The van der Waals surface area contributed by atoms with Crippen LogP contribution in [0.1, 0.15) is 37.3 Å². The molecule has 0 spiro atoms. The van der Waals surface area contributed by atoms with Crippen LogP contribution >= 0.6 is 11.8 Å². The molecule has 4 rings (SSSR count). The zero-order chi connectivity index (χ0) is 23.4. The second-order valence-electron chi connectivity index (χ2n) is 7.41. The molecule has 7 nitrogen and oxygen atoms in total. The molecule has 0 aromatic heterocycles. The number of carbonyl (C=O) groups excluding carboxylic acids is 1. The number of unbranched alkanes of at least 4 members (excludes halogenated alkanes) is 1. The number of nitrogens with one attached hydrogen (secondary N) is 1. The number of hydrogen-bond donors (Lipinski definition) is 1. The van der Waals surface area contributed by atoms with Crippen molar-refractivity contribution in [2.24, 2.45) is 10.1 Å². The fourth-order valence-electron chi connectivity index (χ4n) is 3.29. The molecule has 0 bridgehead atoms. The largest absolute Gasteiger partial charge is 0.493 e. The third kappa shape index (κ3) is 4.98. The maximum atomic E-state index is 13.9. The second-order valence-corrected chi connectivity index (χ2v) is 8.45. The quantitative estimate of drug-likeness (QED) is 0.539. The maximum Gasteiger partial charge on any atom is 0.283 e. The first-order valence-electron chi connectivity index (χ1n) is 10.5. The summed E-state index contributed by atoms with van der Waals surface area (Å²) in [7, 11) is 1.50. The molecule has 9 heteroatoms. The number of hydrazone groups is 1. The summed E-state index contributed by atoms with van der Waals surface area (Å²) in [6.07, 6.45) is 4.40. The lowest BCUT2D eigenvalue weighted by Gasteiger charge is -2.20. The van der Waals surface area contributed by atoms with Crippen molar-refractivity contribution in [2.45, 2.75) is 32.8 Å². The number of benzene rings is 2. The minimum atomic E-state index is -0.482. The van der Waals surface area contributed by atoms with Crippen LogP contribution in [0.5, 0.6) is 11.5 Å². The van der Waals surface area contributed by atoms with Crippen molar-refractivity contribution in [3.05, 3.63) is 65.0 Å². The van der Waals surface area contributed by atoms with E-state index < -0.39 is 5.91 Å². The van der Waals surface area contributed by atoms with Gasteiger partial charge >= 0.3 is 0 Å². The van der Waals surface area contributed by atoms with Gasteiger partial charge in [-0.2, -0.15) is 15.1 Å². The Morgan fingerprint density at radius 1 is 1.21 bits per heavy atom. The van der Waals surface area contributed by atoms with Gasteiger partial charge in [-0.15, -0.1) is 0 Å². The zero-order valence-corrected chi connectivity index (χ0v) is 19.1. The van der Waals surface area contributed by atoms with E-state index >= 15 is 0 Å². The van der Waals surface area contributed by atoms with Gasteiger partial charge in [-0.25, -0.2) is 4.39 Å². The van der Waals surface area contributed by atoms with Crippen LogP contribution in [-0.2, 0) is 11.4 Å². The first-order valence-corrected chi connectivity index (χ1v) is 11.3. The highest BCUT2D eigenvalue weighted by molar-refractivity contribution is 8.26. The second kappa shape index (κ2) is 9.99. The van der Waals surface area contributed by atoms with E-state index in [0.29, 0.717) is 27.8 Å². The molecule has 2 aromatic carbocycles. The van der Waals surface area contributed by atoms with Gasteiger partial charge in [-0.1, -0.05) is 37.6 Å². The molecule has 2 aliphatic heterocycles. The van der Waals surface area contributed by atoms with Crippen molar-refractivity contribution < 1.29 is 18.7 Å². The summed E-state index contributed by atoms with van der Waals surface area (Å²) in [6, 6.07) is 11.5. The Bertz CT molecular complexity index is 1190. The molecule has 0 saturated heterocycles. The molecule has 2 aliphatic rings. The van der Waals surface area contributed by atoms with Gasteiger partial charge < -0.3 is 9.47 Å². The molecule has 33 heavy (non-hydrogen) atoms. The van der Waals surface area contributed by atoms with Crippen LogP contribution in [0, 0.1) is 11.2 Å². The van der Waals surface area contributed by atoms with E-state index in [1.165, 1.54) is 29.9 Å². The highest BCUT2D eigenvalue weighted by Crippen LogP contribution is 2.32. The van der Waals surface area contributed by atoms with E-state index in [1.54, 1.807) is 42.5 Å². The number of fused-ring (bicyclic) bond motifs is 1. The molecule has 0 radical (unpaired) electrons. The fraction of sp³-hybridized carbons (Fsp3) is 0.250. The third-order valence-electron chi connectivity index (χ3n) is 5.08. The Morgan fingerprint density at radius 3 is 2.79 bits per heavy atom. The monoisotopic (exact) mass is 466 g/mol. The lowest BCUT2D eigenvalue weighted by Crippen LogP contribution is -2.35. The first kappa shape index (κ1) is 22.7. The van der Waals surface area contributed by atoms with Gasteiger partial charge in [-0.05, 0) is 54.4 Å². The highest BCUT2D eigenvalue weighted by Gasteiger charge is 2.35. The van der Waals surface area contributed by atoms with Crippen LogP contribution in [0.2, 0.25) is 0 Å². The molecule has 0 aliphatic carbocycles. The smallest absolute Gasteiger partial charge is 0.283 e. The highest BCUT2D eigenvalue weighted by atomic mass is 32.2. The number of amidine groups is 2. The van der Waals surface area contributed by atoms with Crippen molar-refractivity contribution in [1.29, 1.82) is 5.41 Å². The summed E-state index contributed by atoms with van der Waals surface area (Å²) >= 11 is 1.34. The van der Waals surface area contributed by atoms with Gasteiger partial charge in [-0.3, -0.25) is 10.2 Å². The number of thioether (sulfide) groups is 1. The van der Waals surface area contributed by atoms with Gasteiger partial charge in [0.05, 0.1) is 12.7 Å². The number of rotatable bonds is 8. The number of amides is 1. The molecular weight excluding hydrogens is 443 g/mol. The summed E-state index contributed by atoms with van der Waals surface area (Å²) in [5, 5.41) is 15.6. The minimum Gasteiger partial charge on any atom is -0.493 e. The van der Waals surface area contributed by atoms with Gasteiger partial charge in [0.1, 0.15) is 17.5 Å². The van der Waals surface area contributed by atoms with Gasteiger partial charge in [0.25, 0.3) is 5.91 Å². The predicted molar refractivity (Wildman–Crippen MR) is 128 cm³/mol. The van der Waals surface area contributed by atoms with E-state index in [0.717, 1.165) is 24.3 Å². The van der Waals surface area contributed by atoms with Crippen molar-refractivity contribution in [3.8, 4) is 11.5 Å². The first-order chi connectivity index (χ1) is 16.0. The van der Waals surface area contributed by atoms with E-state index in [2.05, 4.69) is 17.0 Å². The van der Waals surface area contributed by atoms with Crippen molar-refractivity contribution in [3.63, 3.8) is 0 Å². The van der Waals surface area contributed by atoms with Crippen LogP contribution in [0.15, 0.2) is 58.1 Å². The van der Waals surface area contributed by atoms with E-state index in [9.17, 15) is 9.18 Å². The standard InChI is InChI=1S/C24H23FN4O3S/c1-3-4-9-21-28-29-22(26)17(23(30)27-24(29)33-21)12-15-10-11-19(20(13-15)31-2)32-14-16-7-5-6-8-18(16)25/h5-8,10-13,26H,3-4,9,14H2,1-2H3/b17-12-,26-22?. The lowest BCUT2D eigenvalue weighted by atomic mass is 10.1. The van der Waals surface area contributed by atoms with E-state index in [1.807, 2.05) is 0 Å². The zero-order valence-electron chi connectivity index (χ0n) is 18.3. The van der Waals surface area contributed by atoms with Crippen LogP contribution in [0.4, 0.5) is 4.39 Å². The topological polar surface area (TPSA) is 87.3 Å². The Labute approximate surface area is 195 Å². The van der Waals surface area contributed by atoms with Crippen molar-refractivity contribution in [2.75, 3.05) is 7.11 Å². The van der Waals surface area contributed by atoms with Crippen LogP contribution < -0.4 is 9.47 Å². The van der Waals surface area contributed by atoms with Gasteiger partial charge in [0.2, 0.25) is 5.17 Å². The molecule has 2 heterocycles. The van der Waals surface area contributed by atoms with Crippen LogP contribution in [-0.4, -0.2) is 34.1 Å². The number of ether oxygens (including phenoxy) is 2. The summed E-state index contributed by atoms with van der Waals surface area (Å²) in [6.45, 7) is 2.15. The van der Waals surface area contributed by atoms with E-state index in [4.69, 9.17) is 14.9 Å². The molecule has 2 aromatic rings. The molecule has 170 valence electrons.